The molecular formula is C19H23ClN2O3S. The summed E-state index contributed by atoms with van der Waals surface area (Å²) in [5, 5.41) is 3.25. The number of nitrogens with one attached hydrogen (secondary N) is 1. The molecule has 0 aliphatic carbocycles. The molecule has 0 radical (unpaired) electrons. The Morgan fingerprint density at radius 1 is 1.15 bits per heavy atom. The van der Waals surface area contributed by atoms with E-state index in [0.29, 0.717) is 22.8 Å². The van der Waals surface area contributed by atoms with Crippen LogP contribution in [0.4, 0.5) is 11.4 Å². The van der Waals surface area contributed by atoms with Gasteiger partial charge in [0.2, 0.25) is 15.9 Å². The molecule has 7 heteroatoms. The van der Waals surface area contributed by atoms with Gasteiger partial charge in [-0.05, 0) is 49.1 Å². The monoisotopic (exact) mass is 394 g/mol. The van der Waals surface area contributed by atoms with Crippen molar-refractivity contribution in [2.24, 2.45) is 0 Å². The highest BCUT2D eigenvalue weighted by Crippen LogP contribution is 2.28. The van der Waals surface area contributed by atoms with E-state index in [1.807, 2.05) is 39.0 Å². The molecule has 140 valence electrons. The van der Waals surface area contributed by atoms with Crippen molar-refractivity contribution in [2.45, 2.75) is 27.2 Å². The fourth-order valence-corrected chi connectivity index (χ4v) is 3.89. The van der Waals surface area contributed by atoms with E-state index in [2.05, 4.69) is 5.32 Å². The number of nitrogens with zero attached hydrogens (tertiary/aromatic N) is 1. The lowest BCUT2D eigenvalue weighted by molar-refractivity contribution is -0.114. The second-order valence-electron chi connectivity index (χ2n) is 6.21. The first-order valence-corrected chi connectivity index (χ1v) is 10.5. The number of anilines is 2. The number of amides is 1. The third kappa shape index (κ3) is 4.77. The number of para-hydroxylation sites is 1. The number of hydrogen-bond donors (Lipinski definition) is 1. The summed E-state index contributed by atoms with van der Waals surface area (Å²) in [7, 11) is -3.63. The predicted molar refractivity (Wildman–Crippen MR) is 108 cm³/mol. The smallest absolute Gasteiger partial charge is 0.245 e. The van der Waals surface area contributed by atoms with E-state index in [1.54, 1.807) is 18.2 Å². The maximum absolute atomic E-state index is 12.6. The zero-order chi connectivity index (χ0) is 19.5. The van der Waals surface area contributed by atoms with Gasteiger partial charge in [-0.1, -0.05) is 42.8 Å². The SMILES string of the molecule is CCc1cccc(C)c1N(CC(=O)Nc1cc(Cl)ccc1C)S(C)(=O)=O. The Bertz CT molecular complexity index is 926. The first-order chi connectivity index (χ1) is 12.1. The minimum atomic E-state index is -3.63. The van der Waals surface area contributed by atoms with Crippen LogP contribution in [0.3, 0.4) is 0 Å². The van der Waals surface area contributed by atoms with Crippen LogP contribution >= 0.6 is 11.6 Å². The van der Waals surface area contributed by atoms with Crippen LogP contribution in [0, 0.1) is 13.8 Å². The van der Waals surface area contributed by atoms with Gasteiger partial charge in [-0.15, -0.1) is 0 Å². The molecule has 0 aromatic heterocycles. The zero-order valence-corrected chi connectivity index (χ0v) is 16.9. The summed E-state index contributed by atoms with van der Waals surface area (Å²) in [5.41, 5.74) is 3.66. The number of rotatable bonds is 6. The Kier molecular flexibility index (Phi) is 6.31. The molecule has 0 saturated carbocycles. The van der Waals surface area contributed by atoms with E-state index >= 15 is 0 Å². The Labute approximate surface area is 160 Å². The fourth-order valence-electron chi connectivity index (χ4n) is 2.77. The van der Waals surface area contributed by atoms with Gasteiger partial charge in [0.1, 0.15) is 6.54 Å². The van der Waals surface area contributed by atoms with E-state index in [4.69, 9.17) is 11.6 Å². The lowest BCUT2D eigenvalue weighted by atomic mass is 10.1. The van der Waals surface area contributed by atoms with Crippen molar-refractivity contribution in [2.75, 3.05) is 22.4 Å². The van der Waals surface area contributed by atoms with E-state index in [-0.39, 0.29) is 6.54 Å². The van der Waals surface area contributed by atoms with Crippen molar-refractivity contribution < 1.29 is 13.2 Å². The zero-order valence-electron chi connectivity index (χ0n) is 15.3. The first kappa shape index (κ1) is 20.3. The largest absolute Gasteiger partial charge is 0.324 e. The molecule has 2 aromatic rings. The van der Waals surface area contributed by atoms with Gasteiger partial charge in [-0.3, -0.25) is 9.10 Å². The molecule has 0 aliphatic rings. The molecule has 26 heavy (non-hydrogen) atoms. The van der Waals surface area contributed by atoms with Crippen molar-refractivity contribution in [1.29, 1.82) is 0 Å². The Morgan fingerprint density at radius 2 is 1.85 bits per heavy atom. The van der Waals surface area contributed by atoms with Gasteiger partial charge in [0.05, 0.1) is 11.9 Å². The number of benzene rings is 2. The summed E-state index contributed by atoms with van der Waals surface area (Å²) in [5.74, 6) is -0.425. The normalized spacial score (nSPS) is 11.3. The number of halogens is 1. The second kappa shape index (κ2) is 8.10. The summed E-state index contributed by atoms with van der Waals surface area (Å²) in [4.78, 5) is 12.6. The molecule has 2 aromatic carbocycles. The molecule has 1 amide bonds. The molecule has 0 spiro atoms. The van der Waals surface area contributed by atoms with Crippen LogP contribution in [0.2, 0.25) is 5.02 Å². The summed E-state index contributed by atoms with van der Waals surface area (Å²) in [6.45, 7) is 5.33. The number of sulfonamides is 1. The van der Waals surface area contributed by atoms with Gasteiger partial charge in [-0.25, -0.2) is 8.42 Å². The third-order valence-electron chi connectivity index (χ3n) is 4.11. The first-order valence-electron chi connectivity index (χ1n) is 8.25. The van der Waals surface area contributed by atoms with Crippen molar-refractivity contribution in [3.8, 4) is 0 Å². The number of hydrogen-bond acceptors (Lipinski definition) is 3. The van der Waals surface area contributed by atoms with E-state index in [0.717, 1.165) is 27.3 Å². The van der Waals surface area contributed by atoms with Crippen LogP contribution in [0.15, 0.2) is 36.4 Å². The van der Waals surface area contributed by atoms with Crippen LogP contribution < -0.4 is 9.62 Å². The third-order valence-corrected chi connectivity index (χ3v) is 5.46. The average molecular weight is 395 g/mol. The van der Waals surface area contributed by atoms with Crippen molar-refractivity contribution >= 4 is 38.9 Å². The van der Waals surface area contributed by atoms with E-state index < -0.39 is 15.9 Å². The highest BCUT2D eigenvalue weighted by Gasteiger charge is 2.24. The Morgan fingerprint density at radius 3 is 2.46 bits per heavy atom. The highest BCUT2D eigenvalue weighted by atomic mass is 35.5. The van der Waals surface area contributed by atoms with Crippen LogP contribution in [-0.2, 0) is 21.2 Å². The molecule has 0 heterocycles. The average Bonchev–Trinajstić information content (AvgIpc) is 2.55. The summed E-state index contributed by atoms with van der Waals surface area (Å²) in [6.07, 6.45) is 1.77. The van der Waals surface area contributed by atoms with Gasteiger partial charge in [0, 0.05) is 10.7 Å². The van der Waals surface area contributed by atoms with Gasteiger partial charge in [0.15, 0.2) is 0 Å². The minimum absolute atomic E-state index is 0.303. The molecule has 1 N–H and O–H groups in total. The summed E-state index contributed by atoms with van der Waals surface area (Å²) in [6, 6.07) is 10.8. The number of carbonyl (C=O) groups is 1. The van der Waals surface area contributed by atoms with Crippen molar-refractivity contribution in [1.82, 2.24) is 0 Å². The van der Waals surface area contributed by atoms with Gasteiger partial charge < -0.3 is 5.32 Å². The maximum atomic E-state index is 12.6. The van der Waals surface area contributed by atoms with Crippen LogP contribution in [0.5, 0.6) is 0 Å². The van der Waals surface area contributed by atoms with Crippen LogP contribution in [0.1, 0.15) is 23.6 Å². The molecule has 0 bridgehead atoms. The number of carbonyl (C=O) groups excluding carboxylic acids is 1. The fraction of sp³-hybridized carbons (Fsp3) is 0.316. The molecule has 5 nitrogen and oxygen atoms in total. The minimum Gasteiger partial charge on any atom is -0.324 e. The quantitative estimate of drug-likeness (QED) is 0.807. The van der Waals surface area contributed by atoms with Crippen molar-refractivity contribution in [3.05, 3.63) is 58.1 Å². The molecular weight excluding hydrogens is 372 g/mol. The lowest BCUT2D eigenvalue weighted by Gasteiger charge is -2.26. The summed E-state index contributed by atoms with van der Waals surface area (Å²) < 4.78 is 25.9. The Hall–Kier alpha value is -2.05. The summed E-state index contributed by atoms with van der Waals surface area (Å²) >= 11 is 5.98. The van der Waals surface area contributed by atoms with Crippen LogP contribution in [-0.4, -0.2) is 27.1 Å². The van der Waals surface area contributed by atoms with E-state index in [9.17, 15) is 13.2 Å². The van der Waals surface area contributed by atoms with Gasteiger partial charge >= 0.3 is 0 Å². The standard InChI is InChI=1S/C19H23ClN2O3S/c1-5-15-8-6-7-14(3)19(15)22(26(4,24)25)12-18(23)21-17-11-16(20)10-9-13(17)2/h6-11H,5,12H2,1-4H3,(H,21,23). The predicted octanol–water partition coefficient (Wildman–Crippen LogP) is 3.92. The number of aryl methyl sites for hydroxylation is 3. The molecule has 0 saturated heterocycles. The molecule has 2 rings (SSSR count). The second-order valence-corrected chi connectivity index (χ2v) is 8.56. The lowest BCUT2D eigenvalue weighted by Crippen LogP contribution is -2.38. The van der Waals surface area contributed by atoms with Gasteiger partial charge in [-0.2, -0.15) is 0 Å². The maximum Gasteiger partial charge on any atom is 0.245 e. The molecule has 0 aliphatic heterocycles. The molecule has 0 unspecified atom stereocenters. The Balaban J connectivity index is 2.36. The van der Waals surface area contributed by atoms with E-state index in [1.165, 1.54) is 0 Å². The van der Waals surface area contributed by atoms with Crippen LogP contribution in [0.25, 0.3) is 0 Å². The van der Waals surface area contributed by atoms with Gasteiger partial charge in [0.25, 0.3) is 0 Å². The molecule has 0 fully saturated rings. The van der Waals surface area contributed by atoms with Crippen molar-refractivity contribution in [3.63, 3.8) is 0 Å². The highest BCUT2D eigenvalue weighted by molar-refractivity contribution is 7.92. The topological polar surface area (TPSA) is 66.5 Å². The molecule has 0 atom stereocenters.